The van der Waals surface area contributed by atoms with Crippen molar-refractivity contribution in [1.29, 1.82) is 0 Å². The molecule has 2 aromatic heterocycles. The molecule has 1 amide bonds. The standard InChI is InChI=1S/C28H25N5O3/c1-18(2)33(17-27(34)35)22-11-7-20(8-12-22)4-3-19-5-9-21(10-6-19)26-15-23(28(36)32-29)24-16-30-14-13-25(24)31-26/h5-16,18H,17,29H2,1-2H3,(H,32,36)(H,34,35). The number of nitrogens with two attached hydrogens (primary N) is 1. The molecule has 36 heavy (non-hydrogen) atoms. The fourth-order valence-corrected chi connectivity index (χ4v) is 3.80. The van der Waals surface area contributed by atoms with Gasteiger partial charge >= 0.3 is 5.97 Å². The maximum absolute atomic E-state index is 12.3. The van der Waals surface area contributed by atoms with E-state index < -0.39 is 11.9 Å². The van der Waals surface area contributed by atoms with Gasteiger partial charge in [0.2, 0.25) is 0 Å². The molecule has 180 valence electrons. The van der Waals surface area contributed by atoms with Gasteiger partial charge < -0.3 is 10.0 Å². The summed E-state index contributed by atoms with van der Waals surface area (Å²) in [6.07, 6.45) is 3.22. The van der Waals surface area contributed by atoms with Crippen molar-refractivity contribution >= 4 is 28.5 Å². The van der Waals surface area contributed by atoms with Gasteiger partial charge in [0, 0.05) is 46.2 Å². The molecule has 0 aliphatic rings. The third-order valence-electron chi connectivity index (χ3n) is 5.65. The van der Waals surface area contributed by atoms with Crippen LogP contribution in [0.5, 0.6) is 0 Å². The normalized spacial score (nSPS) is 10.6. The van der Waals surface area contributed by atoms with E-state index >= 15 is 0 Å². The summed E-state index contributed by atoms with van der Waals surface area (Å²) in [6.45, 7) is 3.86. The maximum Gasteiger partial charge on any atom is 0.323 e. The van der Waals surface area contributed by atoms with Crippen molar-refractivity contribution in [3.63, 3.8) is 0 Å². The van der Waals surface area contributed by atoms with Gasteiger partial charge in [0.15, 0.2) is 0 Å². The van der Waals surface area contributed by atoms with Gasteiger partial charge in [-0.3, -0.25) is 20.0 Å². The highest BCUT2D eigenvalue weighted by molar-refractivity contribution is 6.06. The molecule has 0 fully saturated rings. The molecule has 0 unspecified atom stereocenters. The molecular weight excluding hydrogens is 454 g/mol. The zero-order valence-electron chi connectivity index (χ0n) is 19.9. The van der Waals surface area contributed by atoms with Crippen LogP contribution in [-0.4, -0.2) is 39.5 Å². The number of rotatable bonds is 6. The number of nitrogen functional groups attached to an aromatic ring is 1. The van der Waals surface area contributed by atoms with E-state index in [4.69, 9.17) is 10.9 Å². The number of carbonyl (C=O) groups excluding carboxylic acids is 1. The maximum atomic E-state index is 12.3. The molecule has 4 N–H and O–H groups in total. The van der Waals surface area contributed by atoms with E-state index in [0.717, 1.165) is 22.4 Å². The van der Waals surface area contributed by atoms with Crippen molar-refractivity contribution in [2.24, 2.45) is 5.84 Å². The van der Waals surface area contributed by atoms with Gasteiger partial charge in [-0.25, -0.2) is 10.8 Å². The first-order chi connectivity index (χ1) is 17.4. The van der Waals surface area contributed by atoms with Crippen LogP contribution in [0, 0.1) is 11.8 Å². The average molecular weight is 480 g/mol. The van der Waals surface area contributed by atoms with Gasteiger partial charge in [0.25, 0.3) is 5.91 Å². The molecule has 0 radical (unpaired) electrons. The second-order valence-corrected chi connectivity index (χ2v) is 8.41. The number of hydrogen-bond acceptors (Lipinski definition) is 6. The lowest BCUT2D eigenvalue weighted by Crippen LogP contribution is -2.35. The number of carbonyl (C=O) groups is 2. The van der Waals surface area contributed by atoms with E-state index in [2.05, 4.69) is 27.2 Å². The van der Waals surface area contributed by atoms with E-state index in [-0.39, 0.29) is 12.6 Å². The number of nitrogens with one attached hydrogen (secondary N) is 1. The van der Waals surface area contributed by atoms with Gasteiger partial charge in [-0.2, -0.15) is 0 Å². The largest absolute Gasteiger partial charge is 0.480 e. The number of aliphatic carboxylic acids is 1. The number of anilines is 1. The smallest absolute Gasteiger partial charge is 0.323 e. The molecule has 4 rings (SSSR count). The van der Waals surface area contributed by atoms with Gasteiger partial charge in [0.05, 0.1) is 16.8 Å². The zero-order valence-corrected chi connectivity index (χ0v) is 19.9. The number of fused-ring (bicyclic) bond motifs is 1. The van der Waals surface area contributed by atoms with Crippen LogP contribution in [0.15, 0.2) is 73.1 Å². The number of hydrazine groups is 1. The van der Waals surface area contributed by atoms with Crippen molar-refractivity contribution in [2.75, 3.05) is 11.4 Å². The van der Waals surface area contributed by atoms with Gasteiger partial charge in [-0.05, 0) is 62.4 Å². The minimum Gasteiger partial charge on any atom is -0.480 e. The van der Waals surface area contributed by atoms with Crippen molar-refractivity contribution in [1.82, 2.24) is 15.4 Å². The number of pyridine rings is 2. The Morgan fingerprint density at radius 1 is 1.03 bits per heavy atom. The molecule has 2 heterocycles. The highest BCUT2D eigenvalue weighted by atomic mass is 16.4. The predicted molar refractivity (Wildman–Crippen MR) is 139 cm³/mol. The van der Waals surface area contributed by atoms with Crippen molar-refractivity contribution in [2.45, 2.75) is 19.9 Å². The molecule has 2 aromatic carbocycles. The second kappa shape index (κ2) is 10.7. The Bertz CT molecular complexity index is 1470. The highest BCUT2D eigenvalue weighted by Gasteiger charge is 2.14. The lowest BCUT2D eigenvalue weighted by molar-refractivity contribution is -0.135. The summed E-state index contributed by atoms with van der Waals surface area (Å²) in [7, 11) is 0. The third-order valence-corrected chi connectivity index (χ3v) is 5.65. The zero-order chi connectivity index (χ0) is 25.7. The molecule has 0 saturated carbocycles. The van der Waals surface area contributed by atoms with E-state index in [1.807, 2.05) is 67.3 Å². The molecule has 8 heteroatoms. The number of carboxylic acids is 1. The quantitative estimate of drug-likeness (QED) is 0.167. The number of nitrogens with zero attached hydrogens (tertiary/aromatic N) is 3. The average Bonchev–Trinajstić information content (AvgIpc) is 2.90. The summed E-state index contributed by atoms with van der Waals surface area (Å²) < 4.78 is 0. The summed E-state index contributed by atoms with van der Waals surface area (Å²) in [6, 6.07) is 18.6. The molecule has 0 bridgehead atoms. The van der Waals surface area contributed by atoms with Gasteiger partial charge in [-0.15, -0.1) is 0 Å². The predicted octanol–water partition coefficient (Wildman–Crippen LogP) is 3.60. The van der Waals surface area contributed by atoms with Crippen molar-refractivity contribution in [3.8, 4) is 23.1 Å². The SMILES string of the molecule is CC(C)N(CC(=O)O)c1ccc(C#Cc2ccc(-c3cc(C(=O)NN)c4cnccc4n3)cc2)cc1. The Hall–Kier alpha value is -4.74. The van der Waals surface area contributed by atoms with Crippen LogP contribution >= 0.6 is 0 Å². The summed E-state index contributed by atoms with van der Waals surface area (Å²) in [4.78, 5) is 34.0. The minimum atomic E-state index is -0.870. The summed E-state index contributed by atoms with van der Waals surface area (Å²) in [5.74, 6) is 10.4. The molecule has 4 aromatic rings. The molecule has 0 spiro atoms. The number of aromatic nitrogens is 2. The van der Waals surface area contributed by atoms with E-state index in [1.54, 1.807) is 24.5 Å². The van der Waals surface area contributed by atoms with Gasteiger partial charge in [0.1, 0.15) is 6.54 Å². The fraction of sp³-hybridized carbons (Fsp3) is 0.143. The molecule has 0 aliphatic carbocycles. The number of amides is 1. The lowest BCUT2D eigenvalue weighted by atomic mass is 10.0. The molecule has 0 saturated heterocycles. The molecule has 8 nitrogen and oxygen atoms in total. The molecule has 0 atom stereocenters. The fourth-order valence-electron chi connectivity index (χ4n) is 3.80. The highest BCUT2D eigenvalue weighted by Crippen LogP contribution is 2.25. The third kappa shape index (κ3) is 5.49. The van der Waals surface area contributed by atoms with Crippen LogP contribution < -0.4 is 16.2 Å². The molecule has 0 aliphatic heterocycles. The van der Waals surface area contributed by atoms with Crippen LogP contribution in [0.3, 0.4) is 0 Å². The number of hydrogen-bond donors (Lipinski definition) is 3. The van der Waals surface area contributed by atoms with Crippen LogP contribution in [0.1, 0.15) is 35.3 Å². The van der Waals surface area contributed by atoms with Gasteiger partial charge in [-0.1, -0.05) is 24.0 Å². The van der Waals surface area contributed by atoms with Crippen LogP contribution in [0.2, 0.25) is 0 Å². The van der Waals surface area contributed by atoms with Crippen LogP contribution in [0.25, 0.3) is 22.2 Å². The number of carboxylic acid groups (broad SMARTS) is 1. The van der Waals surface area contributed by atoms with Crippen molar-refractivity contribution < 1.29 is 14.7 Å². The topological polar surface area (TPSA) is 121 Å². The monoisotopic (exact) mass is 479 g/mol. The second-order valence-electron chi connectivity index (χ2n) is 8.41. The summed E-state index contributed by atoms with van der Waals surface area (Å²) in [5, 5.41) is 9.78. The Morgan fingerprint density at radius 3 is 2.25 bits per heavy atom. The summed E-state index contributed by atoms with van der Waals surface area (Å²) in [5.41, 5.74) is 7.18. The first-order valence-electron chi connectivity index (χ1n) is 11.3. The van der Waals surface area contributed by atoms with E-state index in [9.17, 15) is 9.59 Å². The molecular formula is C28H25N5O3. The Balaban J connectivity index is 1.56. The van der Waals surface area contributed by atoms with E-state index in [1.165, 1.54) is 0 Å². The summed E-state index contributed by atoms with van der Waals surface area (Å²) >= 11 is 0. The Labute approximate surface area is 208 Å². The first-order valence-corrected chi connectivity index (χ1v) is 11.3. The van der Waals surface area contributed by atoms with Crippen LogP contribution in [0.4, 0.5) is 5.69 Å². The lowest BCUT2D eigenvalue weighted by Gasteiger charge is -2.27. The Kier molecular flexibility index (Phi) is 7.23. The number of benzene rings is 2. The van der Waals surface area contributed by atoms with Crippen molar-refractivity contribution in [3.05, 3.63) is 89.7 Å². The van der Waals surface area contributed by atoms with E-state index in [0.29, 0.717) is 22.2 Å². The minimum absolute atomic E-state index is 0.0591. The van der Waals surface area contributed by atoms with Crippen LogP contribution in [-0.2, 0) is 4.79 Å². The Morgan fingerprint density at radius 2 is 1.67 bits per heavy atom. The first kappa shape index (κ1) is 24.4.